The molecule has 4 nitrogen and oxygen atoms in total. The summed E-state index contributed by atoms with van der Waals surface area (Å²) in [7, 11) is 0. The van der Waals surface area contributed by atoms with Crippen LogP contribution in [0.25, 0.3) is 11.0 Å². The molecule has 3 aromatic rings. The first-order valence-corrected chi connectivity index (χ1v) is 6.83. The van der Waals surface area contributed by atoms with Crippen LogP contribution in [0.15, 0.2) is 36.7 Å². The van der Waals surface area contributed by atoms with Gasteiger partial charge in [0.2, 0.25) is 0 Å². The van der Waals surface area contributed by atoms with Gasteiger partial charge in [0.1, 0.15) is 5.82 Å². The predicted molar refractivity (Wildman–Crippen MR) is 81.6 cm³/mol. The predicted octanol–water partition coefficient (Wildman–Crippen LogP) is 2.93. The van der Waals surface area contributed by atoms with Crippen LogP contribution in [0.3, 0.4) is 0 Å². The first-order valence-electron chi connectivity index (χ1n) is 6.83. The Kier molecular flexibility index (Phi) is 3.14. The molecule has 102 valence electrons. The van der Waals surface area contributed by atoms with E-state index in [9.17, 15) is 0 Å². The number of rotatable bonds is 3. The average molecular weight is 266 g/mol. The Balaban J connectivity index is 2.12. The molecule has 0 saturated carbocycles. The number of hydrogen-bond acceptors (Lipinski definition) is 3. The lowest BCUT2D eigenvalue weighted by molar-refractivity contribution is 0.748. The Labute approximate surface area is 118 Å². The van der Waals surface area contributed by atoms with Crippen LogP contribution in [0.2, 0.25) is 0 Å². The maximum Gasteiger partial charge on any atom is 0.109 e. The fourth-order valence-electron chi connectivity index (χ4n) is 2.49. The normalized spacial score (nSPS) is 11.1. The van der Waals surface area contributed by atoms with E-state index in [4.69, 9.17) is 5.73 Å². The van der Waals surface area contributed by atoms with Crippen LogP contribution in [-0.2, 0) is 13.0 Å². The van der Waals surface area contributed by atoms with Crippen molar-refractivity contribution in [2.45, 2.75) is 26.8 Å². The first kappa shape index (κ1) is 12.7. The summed E-state index contributed by atoms with van der Waals surface area (Å²) in [5.74, 6) is 1.09. The minimum Gasteiger partial charge on any atom is -0.399 e. The van der Waals surface area contributed by atoms with Gasteiger partial charge in [-0.15, -0.1) is 0 Å². The number of aromatic nitrogens is 3. The molecular weight excluding hydrogens is 248 g/mol. The van der Waals surface area contributed by atoms with Gasteiger partial charge in [0.15, 0.2) is 0 Å². The third-order valence-corrected chi connectivity index (χ3v) is 3.63. The van der Waals surface area contributed by atoms with Gasteiger partial charge in [-0.05, 0) is 42.3 Å². The number of pyridine rings is 1. The Morgan fingerprint density at radius 3 is 2.85 bits per heavy atom. The van der Waals surface area contributed by atoms with Crippen molar-refractivity contribution in [3.05, 3.63) is 53.6 Å². The van der Waals surface area contributed by atoms with Gasteiger partial charge in [-0.2, -0.15) is 0 Å². The maximum absolute atomic E-state index is 5.84. The highest BCUT2D eigenvalue weighted by molar-refractivity contribution is 5.79. The van der Waals surface area contributed by atoms with Gasteiger partial charge < -0.3 is 10.3 Å². The van der Waals surface area contributed by atoms with E-state index >= 15 is 0 Å². The number of benzene rings is 1. The zero-order valence-electron chi connectivity index (χ0n) is 11.8. The van der Waals surface area contributed by atoms with Gasteiger partial charge in [-0.25, -0.2) is 4.98 Å². The summed E-state index contributed by atoms with van der Waals surface area (Å²) >= 11 is 0. The number of nitrogens with two attached hydrogens (primary N) is 1. The quantitative estimate of drug-likeness (QED) is 0.741. The van der Waals surface area contributed by atoms with Gasteiger partial charge in [0, 0.05) is 31.0 Å². The Morgan fingerprint density at radius 2 is 2.10 bits per heavy atom. The largest absolute Gasteiger partial charge is 0.399 e. The average Bonchev–Trinajstić information content (AvgIpc) is 2.78. The summed E-state index contributed by atoms with van der Waals surface area (Å²) in [6.07, 6.45) is 4.64. The molecule has 2 aromatic heterocycles. The minimum absolute atomic E-state index is 0.755. The van der Waals surface area contributed by atoms with Gasteiger partial charge in [0.05, 0.1) is 11.0 Å². The number of aryl methyl sites for hydroxylation is 2. The molecule has 0 atom stereocenters. The van der Waals surface area contributed by atoms with Crippen molar-refractivity contribution < 1.29 is 0 Å². The third-order valence-electron chi connectivity index (χ3n) is 3.63. The van der Waals surface area contributed by atoms with Crippen molar-refractivity contribution in [2.24, 2.45) is 0 Å². The van der Waals surface area contributed by atoms with Crippen LogP contribution in [0, 0.1) is 6.92 Å². The van der Waals surface area contributed by atoms with E-state index in [-0.39, 0.29) is 0 Å². The van der Waals surface area contributed by atoms with Crippen molar-refractivity contribution >= 4 is 16.7 Å². The van der Waals surface area contributed by atoms with Crippen LogP contribution < -0.4 is 5.73 Å². The number of fused-ring (bicyclic) bond motifs is 1. The zero-order chi connectivity index (χ0) is 14.1. The number of anilines is 1. The van der Waals surface area contributed by atoms with Crippen molar-refractivity contribution in [3.63, 3.8) is 0 Å². The molecule has 0 bridgehead atoms. The number of nitrogen functional groups attached to an aromatic ring is 1. The summed E-state index contributed by atoms with van der Waals surface area (Å²) in [5.41, 5.74) is 11.2. The molecule has 1 aromatic carbocycles. The highest BCUT2D eigenvalue weighted by Crippen LogP contribution is 2.21. The van der Waals surface area contributed by atoms with E-state index in [2.05, 4.69) is 34.4 Å². The highest BCUT2D eigenvalue weighted by atomic mass is 15.1. The first-order chi connectivity index (χ1) is 9.69. The SMILES string of the molecule is CCc1nc2cc(N)ccc2n1Cc1ccncc1C. The van der Waals surface area contributed by atoms with E-state index in [1.807, 2.05) is 30.6 Å². The Hall–Kier alpha value is -2.36. The van der Waals surface area contributed by atoms with E-state index in [0.29, 0.717) is 0 Å². The lowest BCUT2D eigenvalue weighted by atomic mass is 10.1. The molecule has 0 radical (unpaired) electrons. The van der Waals surface area contributed by atoms with Crippen molar-refractivity contribution in [1.29, 1.82) is 0 Å². The summed E-state index contributed by atoms with van der Waals surface area (Å²) in [6.45, 7) is 5.03. The highest BCUT2D eigenvalue weighted by Gasteiger charge is 2.10. The van der Waals surface area contributed by atoms with Crippen molar-refractivity contribution in [1.82, 2.24) is 14.5 Å². The molecule has 4 heteroatoms. The Bertz CT molecular complexity index is 758. The molecule has 0 saturated heterocycles. The van der Waals surface area contributed by atoms with E-state index in [1.54, 1.807) is 0 Å². The lowest BCUT2D eigenvalue weighted by Crippen LogP contribution is -2.05. The topological polar surface area (TPSA) is 56.7 Å². The molecule has 0 fully saturated rings. The standard InChI is InChI=1S/C16H18N4/c1-3-16-19-14-8-13(17)4-5-15(14)20(16)10-12-6-7-18-9-11(12)2/h4-9H,3,10,17H2,1-2H3. The monoisotopic (exact) mass is 266 g/mol. The minimum atomic E-state index is 0.755. The second kappa shape index (κ2) is 4.96. The second-order valence-electron chi connectivity index (χ2n) is 5.02. The molecule has 2 N–H and O–H groups in total. The number of nitrogens with zero attached hydrogens (tertiary/aromatic N) is 3. The van der Waals surface area contributed by atoms with Crippen molar-refractivity contribution in [3.8, 4) is 0 Å². The molecule has 0 unspecified atom stereocenters. The smallest absolute Gasteiger partial charge is 0.109 e. The lowest BCUT2D eigenvalue weighted by Gasteiger charge is -2.10. The third kappa shape index (κ3) is 2.13. The van der Waals surface area contributed by atoms with Crippen LogP contribution in [-0.4, -0.2) is 14.5 Å². The summed E-state index contributed by atoms with van der Waals surface area (Å²) < 4.78 is 2.26. The molecule has 0 amide bonds. The van der Waals surface area contributed by atoms with Crippen LogP contribution in [0.5, 0.6) is 0 Å². The van der Waals surface area contributed by atoms with Crippen LogP contribution >= 0.6 is 0 Å². The van der Waals surface area contributed by atoms with Gasteiger partial charge in [-0.1, -0.05) is 6.92 Å². The molecule has 0 aliphatic carbocycles. The van der Waals surface area contributed by atoms with Gasteiger partial charge in [-0.3, -0.25) is 4.98 Å². The molecule has 0 aliphatic heterocycles. The van der Waals surface area contributed by atoms with Crippen LogP contribution in [0.4, 0.5) is 5.69 Å². The molecule has 20 heavy (non-hydrogen) atoms. The van der Waals surface area contributed by atoms with Crippen LogP contribution in [0.1, 0.15) is 23.9 Å². The number of imidazole rings is 1. The second-order valence-corrected chi connectivity index (χ2v) is 5.02. The maximum atomic E-state index is 5.84. The fraction of sp³-hybridized carbons (Fsp3) is 0.250. The van der Waals surface area contributed by atoms with Gasteiger partial charge in [0.25, 0.3) is 0 Å². The zero-order valence-corrected chi connectivity index (χ0v) is 11.8. The van der Waals surface area contributed by atoms with E-state index in [1.165, 1.54) is 11.1 Å². The van der Waals surface area contributed by atoms with E-state index < -0.39 is 0 Å². The summed E-state index contributed by atoms with van der Waals surface area (Å²) in [4.78, 5) is 8.83. The fourth-order valence-corrected chi connectivity index (χ4v) is 2.49. The molecule has 0 aliphatic rings. The summed E-state index contributed by atoms with van der Waals surface area (Å²) in [5, 5.41) is 0. The number of hydrogen-bond donors (Lipinski definition) is 1. The van der Waals surface area contributed by atoms with Gasteiger partial charge >= 0.3 is 0 Å². The van der Waals surface area contributed by atoms with Crippen molar-refractivity contribution in [2.75, 3.05) is 5.73 Å². The Morgan fingerprint density at radius 1 is 1.25 bits per heavy atom. The molecule has 2 heterocycles. The van der Waals surface area contributed by atoms with E-state index in [0.717, 1.165) is 35.5 Å². The molecule has 3 rings (SSSR count). The summed E-state index contributed by atoms with van der Waals surface area (Å²) in [6, 6.07) is 7.98. The molecule has 0 spiro atoms. The molecular formula is C16H18N4.